The lowest BCUT2D eigenvalue weighted by atomic mass is 9.84. The van der Waals surface area contributed by atoms with Crippen molar-refractivity contribution in [2.75, 3.05) is 0 Å². The van der Waals surface area contributed by atoms with Gasteiger partial charge >= 0.3 is 0 Å². The van der Waals surface area contributed by atoms with Crippen molar-refractivity contribution in [3.05, 3.63) is 103 Å². The predicted molar refractivity (Wildman–Crippen MR) is 118 cm³/mol. The molecule has 2 aromatic carbocycles. The maximum Gasteiger partial charge on any atom is 0.258 e. The molecule has 0 fully saturated rings. The number of rotatable bonds is 5. The van der Waals surface area contributed by atoms with Crippen LogP contribution in [0.5, 0.6) is 0 Å². The smallest absolute Gasteiger partial charge is 0.258 e. The number of H-pyrrole nitrogens is 1. The average Bonchev–Trinajstić information content (AvgIpc) is 3.49. The van der Waals surface area contributed by atoms with Crippen LogP contribution in [-0.2, 0) is 10.4 Å². The first-order valence-electron chi connectivity index (χ1n) is 9.76. The summed E-state index contributed by atoms with van der Waals surface area (Å²) in [6.45, 7) is 0. The van der Waals surface area contributed by atoms with E-state index in [4.69, 9.17) is 10.2 Å². The quantitative estimate of drug-likeness (QED) is 0.404. The zero-order valence-electron chi connectivity index (χ0n) is 16.4. The van der Waals surface area contributed by atoms with Gasteiger partial charge in [0.15, 0.2) is 5.60 Å². The fraction of sp³-hybridized carbons (Fsp3) is 0.0400. The number of carbonyl (C=O) groups is 1. The number of pyridine rings is 1. The molecule has 5 rings (SSSR count). The van der Waals surface area contributed by atoms with Crippen LogP contribution in [-0.4, -0.2) is 21.0 Å². The van der Waals surface area contributed by atoms with E-state index in [-0.39, 0.29) is 0 Å². The van der Waals surface area contributed by atoms with Crippen LogP contribution in [0.2, 0.25) is 0 Å². The summed E-state index contributed by atoms with van der Waals surface area (Å²) >= 11 is 0. The Balaban J connectivity index is 1.65. The molecule has 1 unspecified atom stereocenters. The summed E-state index contributed by atoms with van der Waals surface area (Å²) in [5, 5.41) is 12.2. The second-order valence-electron chi connectivity index (χ2n) is 7.36. The van der Waals surface area contributed by atoms with E-state index in [0.29, 0.717) is 11.1 Å². The van der Waals surface area contributed by atoms with Crippen molar-refractivity contribution in [2.45, 2.75) is 5.60 Å². The molecule has 0 aliphatic heterocycles. The standard InChI is InChI=1S/C25H19N3O3/c26-24(29)25(30,19-6-2-1-3-7-19)20-8-4-5-16(11-20)22-14-28-23-21(22)12-18(13-27-23)17-9-10-31-15-17/h1-15,30H,(H2,26,29)(H,27,28). The molecule has 1 amide bonds. The molecule has 0 aliphatic carbocycles. The second-order valence-corrected chi connectivity index (χ2v) is 7.36. The Morgan fingerprint density at radius 2 is 1.77 bits per heavy atom. The predicted octanol–water partition coefficient (Wildman–Crippen LogP) is 4.21. The number of amides is 1. The number of nitrogens with two attached hydrogens (primary N) is 1. The number of aromatic amines is 1. The molecule has 0 aliphatic rings. The van der Waals surface area contributed by atoms with Crippen molar-refractivity contribution in [1.29, 1.82) is 0 Å². The van der Waals surface area contributed by atoms with Gasteiger partial charge in [0.2, 0.25) is 0 Å². The highest BCUT2D eigenvalue weighted by atomic mass is 16.3. The summed E-state index contributed by atoms with van der Waals surface area (Å²) in [5.74, 6) is -0.835. The van der Waals surface area contributed by atoms with E-state index in [1.807, 2.05) is 30.5 Å². The van der Waals surface area contributed by atoms with Gasteiger partial charge in [-0.1, -0.05) is 48.5 Å². The second kappa shape index (κ2) is 7.27. The zero-order chi connectivity index (χ0) is 21.4. The number of hydrogen-bond acceptors (Lipinski definition) is 4. The molecule has 4 N–H and O–H groups in total. The fourth-order valence-electron chi connectivity index (χ4n) is 3.87. The number of primary amides is 1. The molecule has 3 aromatic heterocycles. The molecule has 6 nitrogen and oxygen atoms in total. The Morgan fingerprint density at radius 3 is 2.52 bits per heavy atom. The zero-order valence-corrected chi connectivity index (χ0v) is 16.4. The van der Waals surface area contributed by atoms with Gasteiger partial charge in [-0.25, -0.2) is 4.98 Å². The highest BCUT2D eigenvalue weighted by molar-refractivity contribution is 5.96. The summed E-state index contributed by atoms with van der Waals surface area (Å²) in [5.41, 5.74) is 8.85. The van der Waals surface area contributed by atoms with Crippen LogP contribution in [0.4, 0.5) is 0 Å². The molecular formula is C25H19N3O3. The topological polar surface area (TPSA) is 105 Å². The van der Waals surface area contributed by atoms with Crippen molar-refractivity contribution >= 4 is 16.9 Å². The van der Waals surface area contributed by atoms with Crippen LogP contribution in [0.25, 0.3) is 33.3 Å². The fourth-order valence-corrected chi connectivity index (χ4v) is 3.87. The van der Waals surface area contributed by atoms with Gasteiger partial charge in [0, 0.05) is 34.5 Å². The van der Waals surface area contributed by atoms with Gasteiger partial charge in [-0.3, -0.25) is 4.79 Å². The number of hydrogen-bond donors (Lipinski definition) is 3. The van der Waals surface area contributed by atoms with E-state index in [0.717, 1.165) is 33.3 Å². The lowest BCUT2D eigenvalue weighted by molar-refractivity contribution is -0.133. The third-order valence-electron chi connectivity index (χ3n) is 5.53. The number of aromatic nitrogens is 2. The summed E-state index contributed by atoms with van der Waals surface area (Å²) in [7, 11) is 0. The van der Waals surface area contributed by atoms with Crippen LogP contribution in [0.1, 0.15) is 11.1 Å². The molecule has 0 spiro atoms. The SMILES string of the molecule is NC(=O)C(O)(c1ccccc1)c1cccc(-c2c[nH]c3ncc(-c4ccoc4)cc23)c1. The van der Waals surface area contributed by atoms with Gasteiger partial charge in [0.1, 0.15) is 5.65 Å². The largest absolute Gasteiger partial charge is 0.472 e. The Hall–Kier alpha value is -4.16. The molecular weight excluding hydrogens is 390 g/mol. The molecule has 6 heteroatoms. The summed E-state index contributed by atoms with van der Waals surface area (Å²) in [6, 6.07) is 19.8. The lowest BCUT2D eigenvalue weighted by Gasteiger charge is -2.26. The molecule has 1 atom stereocenters. The van der Waals surface area contributed by atoms with Crippen molar-refractivity contribution in [3.8, 4) is 22.3 Å². The molecule has 152 valence electrons. The Labute approximate surface area is 178 Å². The van der Waals surface area contributed by atoms with Gasteiger partial charge in [0.05, 0.1) is 12.5 Å². The van der Waals surface area contributed by atoms with Crippen LogP contribution < -0.4 is 5.73 Å². The number of furan rings is 1. The van der Waals surface area contributed by atoms with Crippen LogP contribution in [0, 0.1) is 0 Å². The monoisotopic (exact) mass is 409 g/mol. The van der Waals surface area contributed by atoms with Gasteiger partial charge in [0.25, 0.3) is 5.91 Å². The molecule has 5 aromatic rings. The summed E-state index contributed by atoms with van der Waals surface area (Å²) in [6.07, 6.45) is 6.94. The van der Waals surface area contributed by atoms with E-state index in [9.17, 15) is 9.90 Å². The minimum atomic E-state index is -1.94. The summed E-state index contributed by atoms with van der Waals surface area (Å²) < 4.78 is 5.19. The van der Waals surface area contributed by atoms with Gasteiger partial charge in [-0.2, -0.15) is 0 Å². The Morgan fingerprint density at radius 1 is 0.968 bits per heavy atom. The maximum atomic E-state index is 12.4. The third kappa shape index (κ3) is 3.10. The number of nitrogens with zero attached hydrogens (tertiary/aromatic N) is 1. The van der Waals surface area contributed by atoms with Gasteiger partial charge < -0.3 is 20.2 Å². The lowest BCUT2D eigenvalue weighted by Crippen LogP contribution is -2.42. The molecule has 3 heterocycles. The third-order valence-corrected chi connectivity index (χ3v) is 5.53. The molecule has 0 saturated heterocycles. The molecule has 0 saturated carbocycles. The van der Waals surface area contributed by atoms with Gasteiger partial charge in [-0.15, -0.1) is 0 Å². The number of aliphatic hydroxyl groups is 1. The van der Waals surface area contributed by atoms with Crippen molar-refractivity contribution in [1.82, 2.24) is 9.97 Å². The number of benzene rings is 2. The van der Waals surface area contributed by atoms with Crippen molar-refractivity contribution in [3.63, 3.8) is 0 Å². The number of carbonyl (C=O) groups excluding carboxylic acids is 1. The minimum absolute atomic E-state index is 0.400. The number of fused-ring (bicyclic) bond motifs is 1. The van der Waals surface area contributed by atoms with E-state index >= 15 is 0 Å². The first-order valence-corrected chi connectivity index (χ1v) is 9.76. The molecule has 31 heavy (non-hydrogen) atoms. The Bertz CT molecular complexity index is 1370. The van der Waals surface area contributed by atoms with Crippen molar-refractivity contribution < 1.29 is 14.3 Å². The molecule has 0 radical (unpaired) electrons. The maximum absolute atomic E-state index is 12.4. The first-order chi connectivity index (χ1) is 15.1. The van der Waals surface area contributed by atoms with Crippen LogP contribution in [0.3, 0.4) is 0 Å². The van der Waals surface area contributed by atoms with Crippen LogP contribution in [0.15, 0.2) is 96.1 Å². The Kier molecular flexibility index (Phi) is 4.42. The highest BCUT2D eigenvalue weighted by Gasteiger charge is 2.38. The van der Waals surface area contributed by atoms with Crippen molar-refractivity contribution in [2.24, 2.45) is 5.73 Å². The van der Waals surface area contributed by atoms with Crippen LogP contribution >= 0.6 is 0 Å². The van der Waals surface area contributed by atoms with E-state index in [2.05, 4.69) is 9.97 Å². The summed E-state index contributed by atoms with van der Waals surface area (Å²) in [4.78, 5) is 20.0. The van der Waals surface area contributed by atoms with E-state index in [1.54, 1.807) is 61.2 Å². The van der Waals surface area contributed by atoms with E-state index in [1.165, 1.54) is 0 Å². The number of nitrogens with one attached hydrogen (secondary N) is 1. The minimum Gasteiger partial charge on any atom is -0.472 e. The van der Waals surface area contributed by atoms with E-state index < -0.39 is 11.5 Å². The average molecular weight is 409 g/mol. The first kappa shape index (κ1) is 18.8. The van der Waals surface area contributed by atoms with Gasteiger partial charge in [-0.05, 0) is 34.9 Å². The highest BCUT2D eigenvalue weighted by Crippen LogP contribution is 2.35. The molecule has 0 bridgehead atoms. The normalized spacial score (nSPS) is 13.2.